The SMILES string of the molecule is CCCC#Cc1cnc2c(c1)C(=O)N([C@H](C)CO)C[C@H](C)[C@H](CN(C)Cc1ccccc1F)O2. The Morgan fingerprint density at radius 1 is 1.38 bits per heavy atom. The molecular formula is C27H34FN3O3. The number of aliphatic hydroxyl groups excluding tert-OH is 1. The highest BCUT2D eigenvalue weighted by Crippen LogP contribution is 2.27. The lowest BCUT2D eigenvalue weighted by Gasteiger charge is -2.37. The minimum absolute atomic E-state index is 0.0417. The number of pyridine rings is 1. The van der Waals surface area contributed by atoms with Gasteiger partial charge in [0.2, 0.25) is 5.88 Å². The quantitative estimate of drug-likeness (QED) is 0.629. The van der Waals surface area contributed by atoms with Crippen molar-refractivity contribution in [3.05, 3.63) is 59.0 Å². The molecule has 1 N–H and O–H groups in total. The zero-order valence-electron chi connectivity index (χ0n) is 20.4. The number of rotatable bonds is 7. The normalized spacial score (nSPS) is 18.9. The Morgan fingerprint density at radius 2 is 2.15 bits per heavy atom. The summed E-state index contributed by atoms with van der Waals surface area (Å²) in [6.45, 7) is 7.13. The molecule has 0 unspecified atom stereocenters. The molecule has 2 heterocycles. The van der Waals surface area contributed by atoms with Crippen LogP contribution in [0.1, 0.15) is 55.1 Å². The van der Waals surface area contributed by atoms with Crippen LogP contribution in [0.4, 0.5) is 4.39 Å². The number of amides is 1. The summed E-state index contributed by atoms with van der Waals surface area (Å²) in [5.74, 6) is 5.90. The fraction of sp³-hybridized carbons (Fsp3) is 0.481. The summed E-state index contributed by atoms with van der Waals surface area (Å²) in [4.78, 5) is 21.6. The number of hydrogen-bond acceptors (Lipinski definition) is 5. The number of aliphatic hydroxyl groups is 1. The molecule has 1 aliphatic rings. The molecule has 7 heteroatoms. The first-order valence-corrected chi connectivity index (χ1v) is 11.8. The van der Waals surface area contributed by atoms with Gasteiger partial charge in [0.25, 0.3) is 5.91 Å². The molecular weight excluding hydrogens is 433 g/mol. The third-order valence-corrected chi connectivity index (χ3v) is 6.02. The number of aromatic nitrogens is 1. The second kappa shape index (κ2) is 12.0. The van der Waals surface area contributed by atoms with Gasteiger partial charge in [-0.05, 0) is 32.5 Å². The number of halogens is 1. The van der Waals surface area contributed by atoms with Crippen molar-refractivity contribution >= 4 is 5.91 Å². The number of carbonyl (C=O) groups excluding carboxylic acids is 1. The van der Waals surface area contributed by atoms with Crippen LogP contribution in [0.2, 0.25) is 0 Å². The number of carbonyl (C=O) groups is 1. The molecule has 1 aromatic heterocycles. The van der Waals surface area contributed by atoms with Crippen molar-refractivity contribution in [2.45, 2.75) is 52.3 Å². The van der Waals surface area contributed by atoms with E-state index in [4.69, 9.17) is 4.74 Å². The van der Waals surface area contributed by atoms with Crippen LogP contribution in [0.25, 0.3) is 0 Å². The van der Waals surface area contributed by atoms with Crippen molar-refractivity contribution in [3.63, 3.8) is 0 Å². The van der Waals surface area contributed by atoms with Crippen molar-refractivity contribution in [1.29, 1.82) is 0 Å². The maximum Gasteiger partial charge on any atom is 0.259 e. The minimum Gasteiger partial charge on any atom is -0.472 e. The Balaban J connectivity index is 1.90. The van der Waals surface area contributed by atoms with Gasteiger partial charge >= 0.3 is 0 Å². The van der Waals surface area contributed by atoms with E-state index in [1.54, 1.807) is 29.3 Å². The van der Waals surface area contributed by atoms with Gasteiger partial charge in [-0.3, -0.25) is 9.69 Å². The van der Waals surface area contributed by atoms with Gasteiger partial charge in [0.05, 0.1) is 12.6 Å². The van der Waals surface area contributed by atoms with Crippen molar-refractivity contribution < 1.29 is 19.0 Å². The van der Waals surface area contributed by atoms with Gasteiger partial charge in [0, 0.05) is 49.3 Å². The Kier molecular flexibility index (Phi) is 9.03. The Hall–Kier alpha value is -2.95. The molecule has 0 bridgehead atoms. The fourth-order valence-corrected chi connectivity index (χ4v) is 3.97. The number of likely N-dealkylation sites (N-methyl/N-ethyl adjacent to an activating group) is 1. The van der Waals surface area contributed by atoms with Gasteiger partial charge in [0.15, 0.2) is 0 Å². The van der Waals surface area contributed by atoms with Crippen LogP contribution < -0.4 is 4.74 Å². The number of ether oxygens (including phenoxy) is 1. The zero-order valence-corrected chi connectivity index (χ0v) is 20.4. The van der Waals surface area contributed by atoms with E-state index in [1.807, 2.05) is 31.9 Å². The van der Waals surface area contributed by atoms with Gasteiger partial charge in [-0.15, -0.1) is 0 Å². The third-order valence-electron chi connectivity index (χ3n) is 6.02. The second-order valence-electron chi connectivity index (χ2n) is 9.04. The van der Waals surface area contributed by atoms with E-state index in [2.05, 4.69) is 23.7 Å². The number of hydrogen-bond donors (Lipinski definition) is 1. The highest BCUT2D eigenvalue weighted by Gasteiger charge is 2.34. The molecule has 0 saturated carbocycles. The fourth-order valence-electron chi connectivity index (χ4n) is 3.97. The summed E-state index contributed by atoms with van der Waals surface area (Å²) < 4.78 is 20.4. The lowest BCUT2D eigenvalue weighted by atomic mass is 9.99. The molecule has 0 aliphatic carbocycles. The Labute approximate surface area is 201 Å². The molecule has 34 heavy (non-hydrogen) atoms. The summed E-state index contributed by atoms with van der Waals surface area (Å²) in [6, 6.07) is 8.10. The highest BCUT2D eigenvalue weighted by molar-refractivity contribution is 5.97. The van der Waals surface area contributed by atoms with E-state index in [0.717, 1.165) is 12.8 Å². The van der Waals surface area contributed by atoms with E-state index in [1.165, 1.54) is 6.07 Å². The summed E-state index contributed by atoms with van der Waals surface area (Å²) in [5.41, 5.74) is 1.61. The summed E-state index contributed by atoms with van der Waals surface area (Å²) in [6.07, 6.45) is 3.06. The Morgan fingerprint density at radius 3 is 2.85 bits per heavy atom. The van der Waals surface area contributed by atoms with Crippen molar-refractivity contribution in [1.82, 2.24) is 14.8 Å². The van der Waals surface area contributed by atoms with Crippen LogP contribution in [-0.4, -0.2) is 64.7 Å². The van der Waals surface area contributed by atoms with Crippen molar-refractivity contribution in [2.24, 2.45) is 5.92 Å². The van der Waals surface area contributed by atoms with Crippen LogP contribution in [0.5, 0.6) is 5.88 Å². The molecule has 0 radical (unpaired) electrons. The van der Waals surface area contributed by atoms with E-state index >= 15 is 0 Å². The van der Waals surface area contributed by atoms with Crippen LogP contribution >= 0.6 is 0 Å². The van der Waals surface area contributed by atoms with Gasteiger partial charge in [-0.2, -0.15) is 0 Å². The molecule has 3 rings (SSSR count). The average molecular weight is 468 g/mol. The summed E-state index contributed by atoms with van der Waals surface area (Å²) >= 11 is 0. The predicted octanol–water partition coefficient (Wildman–Crippen LogP) is 3.72. The van der Waals surface area contributed by atoms with Crippen LogP contribution in [0.3, 0.4) is 0 Å². The molecule has 0 saturated heterocycles. The highest BCUT2D eigenvalue weighted by atomic mass is 19.1. The van der Waals surface area contributed by atoms with E-state index < -0.39 is 0 Å². The third kappa shape index (κ3) is 6.34. The van der Waals surface area contributed by atoms with Gasteiger partial charge < -0.3 is 14.7 Å². The largest absolute Gasteiger partial charge is 0.472 e. The van der Waals surface area contributed by atoms with Gasteiger partial charge in [-0.1, -0.05) is 43.9 Å². The standard InChI is InChI=1S/C27H34FN3O3/c1-5-6-7-10-21-13-23-26(29-14-21)34-25(19(2)15-31(27(23)33)20(3)18-32)17-30(4)16-22-11-8-9-12-24(22)28/h8-9,11-14,19-20,25,32H,5-6,15-18H2,1-4H3/t19-,20+,25-/m0/s1. The van der Waals surface area contributed by atoms with Gasteiger partial charge in [-0.25, -0.2) is 9.37 Å². The maximum atomic E-state index is 14.1. The molecule has 0 spiro atoms. The second-order valence-corrected chi connectivity index (χ2v) is 9.04. The predicted molar refractivity (Wildman–Crippen MR) is 130 cm³/mol. The number of nitrogens with zero attached hydrogens (tertiary/aromatic N) is 3. The molecule has 6 nitrogen and oxygen atoms in total. The molecule has 1 aliphatic heterocycles. The lowest BCUT2D eigenvalue weighted by molar-refractivity contribution is 0.0324. The van der Waals surface area contributed by atoms with Crippen LogP contribution in [0, 0.1) is 23.6 Å². The summed E-state index contributed by atoms with van der Waals surface area (Å²) in [7, 11) is 1.92. The summed E-state index contributed by atoms with van der Waals surface area (Å²) in [5, 5.41) is 9.79. The molecule has 1 aromatic carbocycles. The number of fused-ring (bicyclic) bond motifs is 1. The minimum atomic E-state index is -0.354. The average Bonchev–Trinajstić information content (AvgIpc) is 2.82. The maximum absolute atomic E-state index is 14.1. The first-order chi connectivity index (χ1) is 16.3. The van der Waals surface area contributed by atoms with Crippen LogP contribution in [-0.2, 0) is 6.54 Å². The molecule has 2 aromatic rings. The Bertz CT molecular complexity index is 1050. The first-order valence-electron chi connectivity index (χ1n) is 11.8. The smallest absolute Gasteiger partial charge is 0.259 e. The number of unbranched alkanes of at least 4 members (excludes halogenated alkanes) is 1. The van der Waals surface area contributed by atoms with E-state index in [0.29, 0.717) is 36.3 Å². The number of benzene rings is 1. The van der Waals surface area contributed by atoms with Crippen molar-refractivity contribution in [3.8, 4) is 17.7 Å². The van der Waals surface area contributed by atoms with E-state index in [9.17, 15) is 14.3 Å². The zero-order chi connectivity index (χ0) is 24.7. The van der Waals surface area contributed by atoms with Crippen molar-refractivity contribution in [2.75, 3.05) is 26.7 Å². The van der Waals surface area contributed by atoms with E-state index in [-0.39, 0.29) is 42.3 Å². The van der Waals surface area contributed by atoms with Gasteiger partial charge in [0.1, 0.15) is 17.5 Å². The lowest BCUT2D eigenvalue weighted by Crippen LogP contribution is -2.49. The molecule has 0 fully saturated rings. The molecule has 182 valence electrons. The monoisotopic (exact) mass is 467 g/mol. The topological polar surface area (TPSA) is 65.9 Å². The molecule has 1 amide bonds. The molecule has 3 atom stereocenters. The first kappa shape index (κ1) is 25.7. The van der Waals surface area contributed by atoms with Crippen LogP contribution in [0.15, 0.2) is 36.5 Å².